The SMILES string of the molecule is CCCNC(Cc1ccc(Br)cn1)C1CSCCO1. The topological polar surface area (TPSA) is 34.2 Å². The van der Waals surface area contributed by atoms with E-state index in [4.69, 9.17) is 4.74 Å². The minimum atomic E-state index is 0.302. The van der Waals surface area contributed by atoms with Crippen molar-refractivity contribution in [3.05, 3.63) is 28.5 Å². The highest BCUT2D eigenvalue weighted by Gasteiger charge is 2.24. The van der Waals surface area contributed by atoms with Gasteiger partial charge in [0.1, 0.15) is 0 Å². The summed E-state index contributed by atoms with van der Waals surface area (Å²) in [6.45, 7) is 4.09. The number of aromatic nitrogens is 1. The fraction of sp³-hybridized carbons (Fsp3) is 0.643. The molecule has 3 nitrogen and oxygen atoms in total. The highest BCUT2D eigenvalue weighted by atomic mass is 79.9. The molecule has 1 fully saturated rings. The van der Waals surface area contributed by atoms with E-state index in [0.717, 1.165) is 47.7 Å². The van der Waals surface area contributed by atoms with Crippen molar-refractivity contribution >= 4 is 27.7 Å². The van der Waals surface area contributed by atoms with Gasteiger partial charge in [0.05, 0.1) is 12.7 Å². The van der Waals surface area contributed by atoms with Gasteiger partial charge in [0, 0.05) is 40.3 Å². The molecule has 106 valence electrons. The van der Waals surface area contributed by atoms with Gasteiger partial charge in [-0.05, 0) is 41.0 Å². The lowest BCUT2D eigenvalue weighted by molar-refractivity contribution is 0.0469. The second-order valence-corrected chi connectivity index (χ2v) is 6.78. The first-order valence-electron chi connectivity index (χ1n) is 6.82. The molecular formula is C14H21BrN2OS. The van der Waals surface area contributed by atoms with Gasteiger partial charge in [-0.15, -0.1) is 0 Å². The monoisotopic (exact) mass is 344 g/mol. The molecule has 1 aromatic heterocycles. The number of nitrogens with zero attached hydrogens (tertiary/aromatic N) is 1. The first kappa shape index (κ1) is 15.3. The molecule has 19 heavy (non-hydrogen) atoms. The van der Waals surface area contributed by atoms with Crippen LogP contribution in [0.4, 0.5) is 0 Å². The molecule has 0 amide bonds. The lowest BCUT2D eigenvalue weighted by Gasteiger charge is -2.30. The zero-order chi connectivity index (χ0) is 13.5. The van der Waals surface area contributed by atoms with Crippen LogP contribution in [0.5, 0.6) is 0 Å². The Morgan fingerprint density at radius 1 is 1.58 bits per heavy atom. The number of pyridine rings is 1. The maximum absolute atomic E-state index is 5.91. The average Bonchev–Trinajstić information content (AvgIpc) is 2.46. The van der Waals surface area contributed by atoms with Gasteiger partial charge in [-0.25, -0.2) is 0 Å². The van der Waals surface area contributed by atoms with Crippen LogP contribution in [0.1, 0.15) is 19.0 Å². The van der Waals surface area contributed by atoms with Gasteiger partial charge in [-0.3, -0.25) is 4.98 Å². The van der Waals surface area contributed by atoms with Crippen LogP contribution in [-0.4, -0.2) is 41.8 Å². The van der Waals surface area contributed by atoms with Crippen molar-refractivity contribution in [1.82, 2.24) is 10.3 Å². The molecule has 0 spiro atoms. The quantitative estimate of drug-likeness (QED) is 0.860. The first-order chi connectivity index (χ1) is 9.29. The van der Waals surface area contributed by atoms with E-state index in [9.17, 15) is 0 Å². The van der Waals surface area contributed by atoms with Gasteiger partial charge in [-0.2, -0.15) is 11.8 Å². The molecule has 2 heterocycles. The van der Waals surface area contributed by atoms with Crippen LogP contribution < -0.4 is 5.32 Å². The van der Waals surface area contributed by atoms with Gasteiger partial charge < -0.3 is 10.1 Å². The molecule has 1 aliphatic rings. The first-order valence-corrected chi connectivity index (χ1v) is 8.77. The van der Waals surface area contributed by atoms with E-state index in [2.05, 4.69) is 45.3 Å². The van der Waals surface area contributed by atoms with E-state index in [1.165, 1.54) is 0 Å². The summed E-state index contributed by atoms with van der Waals surface area (Å²) in [4.78, 5) is 4.47. The van der Waals surface area contributed by atoms with Gasteiger partial charge in [0.25, 0.3) is 0 Å². The van der Waals surface area contributed by atoms with Crippen molar-refractivity contribution in [2.45, 2.75) is 31.9 Å². The largest absolute Gasteiger partial charge is 0.375 e. The van der Waals surface area contributed by atoms with Crippen molar-refractivity contribution in [1.29, 1.82) is 0 Å². The van der Waals surface area contributed by atoms with E-state index in [1.807, 2.05) is 18.0 Å². The summed E-state index contributed by atoms with van der Waals surface area (Å²) in [5, 5.41) is 3.61. The van der Waals surface area contributed by atoms with Crippen LogP contribution in [0.15, 0.2) is 22.8 Å². The molecule has 0 radical (unpaired) electrons. The fourth-order valence-corrected chi connectivity index (χ4v) is 3.33. The highest BCUT2D eigenvalue weighted by Crippen LogP contribution is 2.18. The van der Waals surface area contributed by atoms with E-state index < -0.39 is 0 Å². The Kier molecular flexibility index (Phi) is 6.64. The molecule has 0 aliphatic carbocycles. The van der Waals surface area contributed by atoms with Gasteiger partial charge in [-0.1, -0.05) is 6.92 Å². The molecule has 2 atom stereocenters. The standard InChI is InChI=1S/C14H21BrN2OS/c1-2-5-16-13(14-10-19-7-6-18-14)8-12-4-3-11(15)9-17-12/h3-4,9,13-14,16H,2,5-8,10H2,1H3. The predicted molar refractivity (Wildman–Crippen MR) is 84.8 cm³/mol. The third kappa shape index (κ3) is 5.06. The molecule has 5 heteroatoms. The van der Waals surface area contributed by atoms with Gasteiger partial charge >= 0.3 is 0 Å². The number of ether oxygens (including phenoxy) is 1. The van der Waals surface area contributed by atoms with Crippen molar-refractivity contribution in [3.8, 4) is 0 Å². The fourth-order valence-electron chi connectivity index (χ4n) is 2.16. The van der Waals surface area contributed by atoms with Crippen molar-refractivity contribution in [2.75, 3.05) is 24.7 Å². The highest BCUT2D eigenvalue weighted by molar-refractivity contribution is 9.10. The third-order valence-electron chi connectivity index (χ3n) is 3.16. The number of hydrogen-bond acceptors (Lipinski definition) is 4. The average molecular weight is 345 g/mol. The van der Waals surface area contributed by atoms with E-state index in [1.54, 1.807) is 0 Å². The zero-order valence-corrected chi connectivity index (χ0v) is 13.7. The summed E-state index contributed by atoms with van der Waals surface area (Å²) in [6.07, 6.45) is 4.24. The van der Waals surface area contributed by atoms with Gasteiger partial charge in [0.15, 0.2) is 0 Å². The Bertz CT molecular complexity index is 368. The summed E-state index contributed by atoms with van der Waals surface area (Å²) in [6, 6.07) is 4.50. The van der Waals surface area contributed by atoms with Crippen molar-refractivity contribution < 1.29 is 4.74 Å². The second-order valence-electron chi connectivity index (χ2n) is 4.72. The minimum absolute atomic E-state index is 0.302. The molecule has 2 rings (SSSR count). The van der Waals surface area contributed by atoms with Gasteiger partial charge in [0.2, 0.25) is 0 Å². The maximum Gasteiger partial charge on any atom is 0.0822 e. The molecular weight excluding hydrogens is 324 g/mol. The number of hydrogen-bond donors (Lipinski definition) is 1. The lowest BCUT2D eigenvalue weighted by Crippen LogP contribution is -2.46. The Labute approximate surface area is 128 Å². The van der Waals surface area contributed by atoms with Crippen molar-refractivity contribution in [3.63, 3.8) is 0 Å². The smallest absolute Gasteiger partial charge is 0.0822 e. The maximum atomic E-state index is 5.91. The summed E-state index contributed by atoms with van der Waals surface area (Å²) in [5.41, 5.74) is 1.12. The summed E-state index contributed by atoms with van der Waals surface area (Å²) in [5.74, 6) is 2.20. The molecule has 0 aromatic carbocycles. The lowest BCUT2D eigenvalue weighted by atomic mass is 10.1. The number of thioether (sulfide) groups is 1. The minimum Gasteiger partial charge on any atom is -0.375 e. The van der Waals surface area contributed by atoms with Crippen LogP contribution in [-0.2, 0) is 11.2 Å². The Morgan fingerprint density at radius 3 is 3.11 bits per heavy atom. The molecule has 1 N–H and O–H groups in total. The molecule has 0 bridgehead atoms. The van der Waals surface area contributed by atoms with Crippen LogP contribution in [0.3, 0.4) is 0 Å². The normalized spacial score (nSPS) is 21.3. The second kappa shape index (κ2) is 8.25. The number of rotatable bonds is 6. The Morgan fingerprint density at radius 2 is 2.47 bits per heavy atom. The molecule has 2 unspecified atom stereocenters. The zero-order valence-electron chi connectivity index (χ0n) is 11.3. The van der Waals surface area contributed by atoms with E-state index >= 15 is 0 Å². The van der Waals surface area contributed by atoms with Crippen LogP contribution >= 0.6 is 27.7 Å². The molecule has 1 saturated heterocycles. The summed E-state index contributed by atoms with van der Waals surface area (Å²) >= 11 is 5.41. The van der Waals surface area contributed by atoms with E-state index in [-0.39, 0.29) is 0 Å². The molecule has 1 aliphatic heterocycles. The Balaban J connectivity index is 1.97. The summed E-state index contributed by atoms with van der Waals surface area (Å²) in [7, 11) is 0. The predicted octanol–water partition coefficient (Wildman–Crippen LogP) is 2.89. The Hall–Kier alpha value is -0.100. The number of nitrogens with one attached hydrogen (secondary N) is 1. The van der Waals surface area contributed by atoms with Crippen molar-refractivity contribution in [2.24, 2.45) is 0 Å². The third-order valence-corrected chi connectivity index (χ3v) is 4.65. The van der Waals surface area contributed by atoms with Crippen LogP contribution in [0.25, 0.3) is 0 Å². The van der Waals surface area contributed by atoms with Crippen LogP contribution in [0.2, 0.25) is 0 Å². The van der Waals surface area contributed by atoms with Crippen LogP contribution in [0, 0.1) is 0 Å². The summed E-state index contributed by atoms with van der Waals surface area (Å²) < 4.78 is 6.94. The molecule has 1 aromatic rings. The molecule has 0 saturated carbocycles. The number of halogens is 1. The van der Waals surface area contributed by atoms with E-state index in [0.29, 0.717) is 12.1 Å².